The van der Waals surface area contributed by atoms with Crippen molar-refractivity contribution in [1.29, 1.82) is 0 Å². The normalized spacial score (nSPS) is 28.6. The molecular weight excluding hydrogens is 232 g/mol. The molecule has 114 valence electrons. The molecule has 3 atom stereocenters. The number of hydrogen-bond donors (Lipinski definition) is 1. The third-order valence-corrected chi connectivity index (χ3v) is 5.22. The first-order valence-corrected chi connectivity index (χ1v) is 8.43. The van der Waals surface area contributed by atoms with Gasteiger partial charge in [0.15, 0.2) is 0 Å². The van der Waals surface area contributed by atoms with Gasteiger partial charge >= 0.3 is 0 Å². The molecule has 3 unspecified atom stereocenters. The summed E-state index contributed by atoms with van der Waals surface area (Å²) >= 11 is 0. The third-order valence-electron chi connectivity index (χ3n) is 5.22. The lowest BCUT2D eigenvalue weighted by Gasteiger charge is -2.46. The Morgan fingerprint density at radius 3 is 2.47 bits per heavy atom. The van der Waals surface area contributed by atoms with Crippen LogP contribution in [0, 0.1) is 11.3 Å². The van der Waals surface area contributed by atoms with Crippen molar-refractivity contribution < 1.29 is 0 Å². The second kappa shape index (κ2) is 7.64. The quantitative estimate of drug-likeness (QED) is 0.753. The van der Waals surface area contributed by atoms with Gasteiger partial charge < -0.3 is 10.2 Å². The van der Waals surface area contributed by atoms with Gasteiger partial charge in [0.1, 0.15) is 0 Å². The fourth-order valence-electron chi connectivity index (χ4n) is 3.82. The molecule has 0 aliphatic heterocycles. The highest BCUT2D eigenvalue weighted by atomic mass is 15.2. The Kier molecular flexibility index (Phi) is 6.82. The molecule has 0 aromatic carbocycles. The highest BCUT2D eigenvalue weighted by Crippen LogP contribution is 2.39. The molecule has 0 heterocycles. The lowest BCUT2D eigenvalue weighted by Crippen LogP contribution is -2.53. The van der Waals surface area contributed by atoms with Crippen molar-refractivity contribution in [2.24, 2.45) is 11.3 Å². The van der Waals surface area contributed by atoms with Gasteiger partial charge in [-0.05, 0) is 50.6 Å². The van der Waals surface area contributed by atoms with E-state index in [-0.39, 0.29) is 0 Å². The molecule has 1 N–H and O–H groups in total. The molecule has 0 radical (unpaired) electrons. The van der Waals surface area contributed by atoms with Crippen LogP contribution in [0.25, 0.3) is 0 Å². The standard InChI is InChI=1S/C17H36N2/c1-7-14(4)19(9-3)13-15-11-10-12-17(5,6)16(15)18-8-2/h14-16,18H,7-13H2,1-6H3. The second-order valence-electron chi connectivity index (χ2n) is 7.02. The minimum Gasteiger partial charge on any atom is -0.313 e. The molecule has 0 spiro atoms. The van der Waals surface area contributed by atoms with Crippen LogP contribution in [0.2, 0.25) is 0 Å². The van der Waals surface area contributed by atoms with E-state index >= 15 is 0 Å². The Morgan fingerprint density at radius 1 is 1.26 bits per heavy atom. The molecule has 1 rings (SSSR count). The van der Waals surface area contributed by atoms with Crippen LogP contribution in [0.15, 0.2) is 0 Å². The van der Waals surface area contributed by atoms with Crippen molar-refractivity contribution in [3.63, 3.8) is 0 Å². The number of rotatable bonds is 7. The number of nitrogens with zero attached hydrogens (tertiary/aromatic N) is 1. The van der Waals surface area contributed by atoms with Gasteiger partial charge in [0.25, 0.3) is 0 Å². The van der Waals surface area contributed by atoms with E-state index in [0.717, 1.165) is 18.5 Å². The molecule has 0 bridgehead atoms. The van der Waals surface area contributed by atoms with E-state index in [9.17, 15) is 0 Å². The minimum absolute atomic E-state index is 0.452. The average Bonchev–Trinajstić information content (AvgIpc) is 2.38. The third kappa shape index (κ3) is 4.46. The summed E-state index contributed by atoms with van der Waals surface area (Å²) in [5.74, 6) is 0.817. The summed E-state index contributed by atoms with van der Waals surface area (Å²) < 4.78 is 0. The minimum atomic E-state index is 0.452. The zero-order chi connectivity index (χ0) is 14.5. The van der Waals surface area contributed by atoms with E-state index in [0.29, 0.717) is 11.5 Å². The smallest absolute Gasteiger partial charge is 0.0159 e. The topological polar surface area (TPSA) is 15.3 Å². The van der Waals surface area contributed by atoms with Crippen LogP contribution >= 0.6 is 0 Å². The molecule has 19 heavy (non-hydrogen) atoms. The predicted octanol–water partition coefficient (Wildman–Crippen LogP) is 3.91. The Labute approximate surface area is 121 Å². The largest absolute Gasteiger partial charge is 0.313 e. The van der Waals surface area contributed by atoms with E-state index in [1.54, 1.807) is 0 Å². The van der Waals surface area contributed by atoms with Gasteiger partial charge in [-0.25, -0.2) is 0 Å². The maximum Gasteiger partial charge on any atom is 0.0159 e. The Balaban J connectivity index is 2.72. The van der Waals surface area contributed by atoms with Crippen LogP contribution in [-0.4, -0.2) is 36.6 Å². The highest BCUT2D eigenvalue weighted by Gasteiger charge is 2.39. The first kappa shape index (κ1) is 17.0. The van der Waals surface area contributed by atoms with E-state index in [2.05, 4.69) is 51.8 Å². The highest BCUT2D eigenvalue weighted by molar-refractivity contribution is 4.94. The van der Waals surface area contributed by atoms with Crippen LogP contribution in [0.3, 0.4) is 0 Å². The summed E-state index contributed by atoms with van der Waals surface area (Å²) in [6.07, 6.45) is 5.43. The van der Waals surface area contributed by atoms with Gasteiger partial charge in [0.05, 0.1) is 0 Å². The maximum atomic E-state index is 3.78. The molecule has 2 heteroatoms. The Hall–Kier alpha value is -0.0800. The van der Waals surface area contributed by atoms with Gasteiger partial charge in [-0.15, -0.1) is 0 Å². The Bertz CT molecular complexity index is 250. The summed E-state index contributed by atoms with van der Waals surface area (Å²) in [7, 11) is 0. The Morgan fingerprint density at radius 2 is 1.95 bits per heavy atom. The lowest BCUT2D eigenvalue weighted by atomic mass is 9.67. The zero-order valence-corrected chi connectivity index (χ0v) is 14.1. The van der Waals surface area contributed by atoms with E-state index in [1.807, 2.05) is 0 Å². The van der Waals surface area contributed by atoms with E-state index < -0.39 is 0 Å². The van der Waals surface area contributed by atoms with E-state index in [4.69, 9.17) is 0 Å². The molecule has 0 saturated heterocycles. The van der Waals surface area contributed by atoms with Crippen molar-refractivity contribution in [1.82, 2.24) is 10.2 Å². The fraction of sp³-hybridized carbons (Fsp3) is 1.00. The molecule has 1 saturated carbocycles. The molecule has 1 aliphatic rings. The first-order chi connectivity index (χ1) is 8.96. The van der Waals surface area contributed by atoms with Crippen molar-refractivity contribution >= 4 is 0 Å². The summed E-state index contributed by atoms with van der Waals surface area (Å²) in [6.45, 7) is 17.7. The van der Waals surface area contributed by atoms with Gasteiger partial charge in [-0.2, -0.15) is 0 Å². The summed E-state index contributed by atoms with van der Waals surface area (Å²) in [6, 6.07) is 1.40. The number of hydrogen-bond acceptors (Lipinski definition) is 2. The lowest BCUT2D eigenvalue weighted by molar-refractivity contribution is 0.0691. The van der Waals surface area contributed by atoms with Crippen LogP contribution < -0.4 is 5.32 Å². The molecule has 0 aromatic heterocycles. The molecular formula is C17H36N2. The van der Waals surface area contributed by atoms with Gasteiger partial charge in [0.2, 0.25) is 0 Å². The zero-order valence-electron chi connectivity index (χ0n) is 14.1. The van der Waals surface area contributed by atoms with Crippen LogP contribution in [0.1, 0.15) is 67.2 Å². The molecule has 1 aliphatic carbocycles. The molecule has 0 aromatic rings. The second-order valence-corrected chi connectivity index (χ2v) is 7.02. The predicted molar refractivity (Wildman–Crippen MR) is 85.6 cm³/mol. The van der Waals surface area contributed by atoms with E-state index in [1.165, 1.54) is 38.8 Å². The SMILES string of the molecule is CCNC1C(CN(CC)C(C)CC)CCCC1(C)C. The molecule has 2 nitrogen and oxygen atoms in total. The monoisotopic (exact) mass is 268 g/mol. The average molecular weight is 268 g/mol. The van der Waals surface area contributed by atoms with Crippen LogP contribution in [-0.2, 0) is 0 Å². The fourth-order valence-corrected chi connectivity index (χ4v) is 3.82. The van der Waals surface area contributed by atoms with Crippen molar-refractivity contribution in [2.45, 2.75) is 79.3 Å². The van der Waals surface area contributed by atoms with Crippen molar-refractivity contribution in [3.8, 4) is 0 Å². The summed E-state index contributed by atoms with van der Waals surface area (Å²) in [5, 5.41) is 3.78. The first-order valence-electron chi connectivity index (χ1n) is 8.43. The maximum absolute atomic E-state index is 3.78. The van der Waals surface area contributed by atoms with Gasteiger partial charge in [-0.3, -0.25) is 0 Å². The molecule has 0 amide bonds. The summed E-state index contributed by atoms with van der Waals surface area (Å²) in [4.78, 5) is 2.68. The van der Waals surface area contributed by atoms with Crippen LogP contribution in [0.5, 0.6) is 0 Å². The number of nitrogens with one attached hydrogen (secondary N) is 1. The van der Waals surface area contributed by atoms with Gasteiger partial charge in [-0.1, -0.05) is 41.0 Å². The summed E-state index contributed by atoms with van der Waals surface area (Å²) in [5.41, 5.74) is 0.452. The van der Waals surface area contributed by atoms with Crippen LogP contribution in [0.4, 0.5) is 0 Å². The van der Waals surface area contributed by atoms with Crippen molar-refractivity contribution in [2.75, 3.05) is 19.6 Å². The van der Waals surface area contributed by atoms with Gasteiger partial charge in [0, 0.05) is 18.6 Å². The van der Waals surface area contributed by atoms with Crippen molar-refractivity contribution in [3.05, 3.63) is 0 Å². The molecule has 1 fully saturated rings.